The molecule has 0 amide bonds. The lowest BCUT2D eigenvalue weighted by Crippen LogP contribution is -2.17. The molecule has 0 bridgehead atoms. The Morgan fingerprint density at radius 1 is 1.48 bits per heavy atom. The van der Waals surface area contributed by atoms with E-state index in [-0.39, 0.29) is 12.7 Å². The number of thioether (sulfide) groups is 1. The van der Waals surface area contributed by atoms with E-state index >= 15 is 0 Å². The second-order valence-corrected chi connectivity index (χ2v) is 6.48. The van der Waals surface area contributed by atoms with Crippen LogP contribution in [0.5, 0.6) is 0 Å². The van der Waals surface area contributed by atoms with Gasteiger partial charge >= 0.3 is 0 Å². The summed E-state index contributed by atoms with van der Waals surface area (Å²) in [6, 6.07) is 9.76. The van der Waals surface area contributed by atoms with E-state index in [0.29, 0.717) is 5.56 Å². The Bertz CT molecular complexity index is 702. The normalized spacial score (nSPS) is 17.3. The van der Waals surface area contributed by atoms with Gasteiger partial charge in [-0.25, -0.2) is 4.98 Å². The van der Waals surface area contributed by atoms with Crippen LogP contribution in [0.1, 0.15) is 29.7 Å². The molecular formula is C17H19N3O2S. The number of benzene rings is 1. The number of hydrogen-bond donors (Lipinski definition) is 1. The minimum atomic E-state index is -0.0236. The maximum atomic E-state index is 9.51. The lowest BCUT2D eigenvalue weighted by Gasteiger charge is -2.15. The third kappa shape index (κ3) is 3.94. The van der Waals surface area contributed by atoms with Crippen LogP contribution in [0.3, 0.4) is 0 Å². The summed E-state index contributed by atoms with van der Waals surface area (Å²) < 4.78 is 7.75. The molecule has 0 radical (unpaired) electrons. The van der Waals surface area contributed by atoms with E-state index in [9.17, 15) is 5.11 Å². The highest BCUT2D eigenvalue weighted by atomic mass is 32.2. The number of rotatable bonds is 6. The monoisotopic (exact) mass is 329 g/mol. The number of ether oxygens (including phenoxy) is 1. The van der Waals surface area contributed by atoms with Gasteiger partial charge < -0.3 is 14.4 Å². The zero-order valence-electron chi connectivity index (χ0n) is 12.8. The van der Waals surface area contributed by atoms with E-state index in [1.165, 1.54) is 0 Å². The number of aliphatic hydroxyl groups excluding tert-OH is 1. The van der Waals surface area contributed by atoms with Gasteiger partial charge in [-0.05, 0) is 30.5 Å². The average molecular weight is 329 g/mol. The third-order valence-electron chi connectivity index (χ3n) is 3.90. The average Bonchev–Trinajstić information content (AvgIpc) is 3.23. The molecule has 0 spiro atoms. The van der Waals surface area contributed by atoms with Crippen LogP contribution in [0, 0.1) is 11.3 Å². The van der Waals surface area contributed by atoms with Crippen molar-refractivity contribution in [3.63, 3.8) is 0 Å². The van der Waals surface area contributed by atoms with Crippen LogP contribution in [0.4, 0.5) is 0 Å². The molecule has 1 aromatic carbocycles. The molecule has 2 heterocycles. The predicted octanol–water partition coefficient (Wildman–Crippen LogP) is 2.72. The Balaban J connectivity index is 1.71. The highest BCUT2D eigenvalue weighted by Gasteiger charge is 2.19. The molecule has 6 heteroatoms. The summed E-state index contributed by atoms with van der Waals surface area (Å²) in [5.41, 5.74) is 2.57. The number of imidazole rings is 1. The Labute approximate surface area is 139 Å². The first kappa shape index (κ1) is 16.1. The molecule has 1 saturated heterocycles. The summed E-state index contributed by atoms with van der Waals surface area (Å²) in [5.74, 6) is 0.739. The molecule has 5 nitrogen and oxygen atoms in total. The third-order valence-corrected chi connectivity index (χ3v) is 4.96. The molecule has 1 N–H and O–H groups in total. The Morgan fingerprint density at radius 2 is 2.39 bits per heavy atom. The number of hydrogen-bond acceptors (Lipinski definition) is 5. The van der Waals surface area contributed by atoms with Gasteiger partial charge in [0.1, 0.15) is 0 Å². The van der Waals surface area contributed by atoms with Gasteiger partial charge in [-0.2, -0.15) is 5.26 Å². The van der Waals surface area contributed by atoms with Crippen LogP contribution in [0.15, 0.2) is 35.6 Å². The van der Waals surface area contributed by atoms with Crippen molar-refractivity contribution >= 4 is 11.8 Å². The second kappa shape index (κ2) is 7.64. The van der Waals surface area contributed by atoms with Gasteiger partial charge in [0.15, 0.2) is 5.16 Å². The maximum Gasteiger partial charge on any atom is 0.168 e. The molecule has 1 atom stereocenters. The van der Waals surface area contributed by atoms with Crippen LogP contribution >= 0.6 is 11.8 Å². The fraction of sp³-hybridized carbons (Fsp3) is 0.412. The van der Waals surface area contributed by atoms with Gasteiger partial charge in [-0.3, -0.25) is 0 Å². The molecule has 120 valence electrons. The van der Waals surface area contributed by atoms with E-state index in [4.69, 9.17) is 10.00 Å². The number of aromatic nitrogens is 2. The van der Waals surface area contributed by atoms with Gasteiger partial charge in [-0.15, -0.1) is 0 Å². The van der Waals surface area contributed by atoms with Gasteiger partial charge in [-0.1, -0.05) is 23.9 Å². The standard InChI is InChI=1S/C17H19N3O2S/c18-8-13-3-1-4-14(7-13)12-23-17-19-9-15(11-21)20(17)10-16-5-2-6-22-16/h1,3-4,7,9,16,21H,2,5-6,10-12H2. The molecule has 2 aromatic rings. The second-order valence-electron chi connectivity index (χ2n) is 5.54. The van der Waals surface area contributed by atoms with Crippen molar-refractivity contribution in [1.82, 2.24) is 9.55 Å². The van der Waals surface area contributed by atoms with Crippen molar-refractivity contribution in [2.24, 2.45) is 0 Å². The lowest BCUT2D eigenvalue weighted by atomic mass is 10.2. The Kier molecular flexibility index (Phi) is 5.34. The molecule has 1 fully saturated rings. The molecular weight excluding hydrogens is 310 g/mol. The summed E-state index contributed by atoms with van der Waals surface area (Å²) in [4.78, 5) is 4.43. The van der Waals surface area contributed by atoms with Crippen molar-refractivity contribution in [3.8, 4) is 6.07 Å². The number of nitriles is 1. The van der Waals surface area contributed by atoms with E-state index in [0.717, 1.165) is 48.2 Å². The van der Waals surface area contributed by atoms with Gasteiger partial charge in [0.25, 0.3) is 0 Å². The topological polar surface area (TPSA) is 71.1 Å². The maximum absolute atomic E-state index is 9.51. The van der Waals surface area contributed by atoms with E-state index < -0.39 is 0 Å². The van der Waals surface area contributed by atoms with Crippen LogP contribution in [0.2, 0.25) is 0 Å². The highest BCUT2D eigenvalue weighted by Crippen LogP contribution is 2.25. The lowest BCUT2D eigenvalue weighted by molar-refractivity contribution is 0.0930. The Hall–Kier alpha value is -1.81. The quantitative estimate of drug-likeness (QED) is 0.825. The highest BCUT2D eigenvalue weighted by molar-refractivity contribution is 7.98. The zero-order chi connectivity index (χ0) is 16.1. The summed E-state index contributed by atoms with van der Waals surface area (Å²) in [6.07, 6.45) is 4.08. The first-order valence-electron chi connectivity index (χ1n) is 7.69. The van der Waals surface area contributed by atoms with Crippen LogP contribution < -0.4 is 0 Å². The van der Waals surface area contributed by atoms with Gasteiger partial charge in [0, 0.05) is 12.4 Å². The van der Waals surface area contributed by atoms with Gasteiger partial charge in [0.2, 0.25) is 0 Å². The molecule has 0 aliphatic carbocycles. The first-order chi connectivity index (χ1) is 11.3. The van der Waals surface area contributed by atoms with Crippen molar-refractivity contribution in [3.05, 3.63) is 47.3 Å². The Morgan fingerprint density at radius 3 is 3.13 bits per heavy atom. The van der Waals surface area contributed by atoms with Crippen molar-refractivity contribution < 1.29 is 9.84 Å². The summed E-state index contributed by atoms with van der Waals surface area (Å²) >= 11 is 1.61. The van der Waals surface area contributed by atoms with Crippen molar-refractivity contribution in [2.75, 3.05) is 6.61 Å². The molecule has 1 unspecified atom stereocenters. The van der Waals surface area contributed by atoms with Gasteiger partial charge in [0.05, 0.1) is 42.8 Å². The van der Waals surface area contributed by atoms with E-state index in [1.807, 2.05) is 18.2 Å². The summed E-state index contributed by atoms with van der Waals surface area (Å²) in [7, 11) is 0. The molecule has 1 aliphatic rings. The summed E-state index contributed by atoms with van der Waals surface area (Å²) in [5, 5.41) is 19.4. The fourth-order valence-electron chi connectivity index (χ4n) is 2.70. The van der Waals surface area contributed by atoms with Crippen LogP contribution in [-0.4, -0.2) is 27.4 Å². The first-order valence-corrected chi connectivity index (χ1v) is 8.67. The van der Waals surface area contributed by atoms with Crippen molar-refractivity contribution in [2.45, 2.75) is 43.0 Å². The van der Waals surface area contributed by atoms with E-state index in [2.05, 4.69) is 15.6 Å². The molecule has 1 aromatic heterocycles. The minimum Gasteiger partial charge on any atom is -0.390 e. The van der Waals surface area contributed by atoms with Crippen LogP contribution in [0.25, 0.3) is 0 Å². The van der Waals surface area contributed by atoms with Crippen molar-refractivity contribution in [1.29, 1.82) is 5.26 Å². The fourth-order valence-corrected chi connectivity index (χ4v) is 3.65. The zero-order valence-corrected chi connectivity index (χ0v) is 13.6. The minimum absolute atomic E-state index is 0.0236. The smallest absolute Gasteiger partial charge is 0.168 e. The number of nitrogens with zero attached hydrogens (tertiary/aromatic N) is 3. The van der Waals surface area contributed by atoms with E-state index in [1.54, 1.807) is 24.0 Å². The molecule has 0 saturated carbocycles. The largest absolute Gasteiger partial charge is 0.390 e. The van der Waals surface area contributed by atoms with Crippen LogP contribution in [-0.2, 0) is 23.6 Å². The number of aliphatic hydroxyl groups is 1. The molecule has 1 aliphatic heterocycles. The molecule has 23 heavy (non-hydrogen) atoms. The SMILES string of the molecule is N#Cc1cccc(CSc2ncc(CO)n2CC2CCCO2)c1. The summed E-state index contributed by atoms with van der Waals surface area (Å²) in [6.45, 7) is 1.53. The predicted molar refractivity (Wildman–Crippen MR) is 87.8 cm³/mol. The molecule has 3 rings (SSSR count).